The third-order valence-electron chi connectivity index (χ3n) is 5.03. The van der Waals surface area contributed by atoms with Gasteiger partial charge in [-0.3, -0.25) is 19.3 Å². The van der Waals surface area contributed by atoms with Crippen molar-refractivity contribution >= 4 is 29.2 Å². The maximum absolute atomic E-state index is 12.5. The Morgan fingerprint density at radius 3 is 2.45 bits per heavy atom. The Morgan fingerprint density at radius 1 is 1.07 bits per heavy atom. The van der Waals surface area contributed by atoms with Gasteiger partial charge in [-0.1, -0.05) is 11.6 Å². The Kier molecular flexibility index (Phi) is 6.26. The summed E-state index contributed by atoms with van der Waals surface area (Å²) in [5.41, 5.74) is 2.44. The topological polar surface area (TPSA) is 82.6 Å². The van der Waals surface area contributed by atoms with E-state index >= 15 is 0 Å². The summed E-state index contributed by atoms with van der Waals surface area (Å²) in [7, 11) is 0. The van der Waals surface area contributed by atoms with E-state index in [4.69, 9.17) is 0 Å². The number of nitrogens with one attached hydrogen (secondary N) is 1. The minimum Gasteiger partial charge on any atom is -0.357 e. The normalized spacial score (nSPS) is 12.9. The van der Waals surface area contributed by atoms with Crippen LogP contribution in [-0.2, 0) is 4.79 Å². The molecule has 0 saturated carbocycles. The lowest BCUT2D eigenvalue weighted by molar-refractivity contribution is -0.116. The van der Waals surface area contributed by atoms with Gasteiger partial charge in [0, 0.05) is 26.1 Å². The van der Waals surface area contributed by atoms with Crippen LogP contribution >= 0.6 is 0 Å². The van der Waals surface area contributed by atoms with Gasteiger partial charge in [-0.15, -0.1) is 0 Å². The molecule has 1 aliphatic heterocycles. The summed E-state index contributed by atoms with van der Waals surface area (Å²) in [6, 6.07) is 8.94. The monoisotopic (exact) mass is 394 g/mol. The number of fused-ring (bicyclic) bond motifs is 1. The number of hydrogen-bond acceptors (Lipinski definition) is 5. The van der Waals surface area contributed by atoms with Crippen LogP contribution in [0.15, 0.2) is 36.5 Å². The van der Waals surface area contributed by atoms with Crippen molar-refractivity contribution in [3.63, 3.8) is 0 Å². The van der Waals surface area contributed by atoms with Crippen LogP contribution in [0.3, 0.4) is 0 Å². The van der Waals surface area contributed by atoms with Crippen LogP contribution in [0.4, 0.5) is 11.5 Å². The molecular weight excluding hydrogens is 368 g/mol. The molecule has 0 atom stereocenters. The summed E-state index contributed by atoms with van der Waals surface area (Å²) in [4.78, 5) is 44.8. The lowest BCUT2D eigenvalue weighted by atomic mass is 10.1. The van der Waals surface area contributed by atoms with Gasteiger partial charge in [-0.05, 0) is 51.5 Å². The van der Waals surface area contributed by atoms with Crippen molar-refractivity contribution in [2.24, 2.45) is 0 Å². The van der Waals surface area contributed by atoms with Gasteiger partial charge in [0.05, 0.1) is 23.0 Å². The van der Waals surface area contributed by atoms with Crippen molar-refractivity contribution < 1.29 is 14.4 Å². The number of carbonyl (C=O) groups is 3. The molecule has 1 aromatic carbocycles. The second-order valence-corrected chi connectivity index (χ2v) is 7.04. The summed E-state index contributed by atoms with van der Waals surface area (Å²) in [6.45, 7) is 7.97. The second-order valence-electron chi connectivity index (χ2n) is 7.04. The van der Waals surface area contributed by atoms with Crippen LogP contribution in [0, 0.1) is 6.92 Å². The van der Waals surface area contributed by atoms with E-state index in [9.17, 15) is 14.4 Å². The Morgan fingerprint density at radius 2 is 1.79 bits per heavy atom. The average molecular weight is 394 g/mol. The van der Waals surface area contributed by atoms with Crippen molar-refractivity contribution in [3.05, 3.63) is 53.2 Å². The smallest absolute Gasteiger partial charge is 0.261 e. The molecule has 2 heterocycles. The van der Waals surface area contributed by atoms with Crippen molar-refractivity contribution in [2.45, 2.75) is 33.6 Å². The van der Waals surface area contributed by atoms with E-state index in [0.29, 0.717) is 23.2 Å². The van der Waals surface area contributed by atoms with Crippen molar-refractivity contribution in [3.8, 4) is 0 Å². The quantitative estimate of drug-likeness (QED) is 0.695. The molecule has 152 valence electrons. The van der Waals surface area contributed by atoms with Crippen LogP contribution in [0.25, 0.3) is 0 Å². The predicted octanol–water partition coefficient (Wildman–Crippen LogP) is 3.25. The fourth-order valence-electron chi connectivity index (χ4n) is 3.42. The van der Waals surface area contributed by atoms with Gasteiger partial charge >= 0.3 is 0 Å². The Labute approximate surface area is 170 Å². The lowest BCUT2D eigenvalue weighted by Gasteiger charge is -2.19. The van der Waals surface area contributed by atoms with Gasteiger partial charge in [-0.2, -0.15) is 0 Å². The lowest BCUT2D eigenvalue weighted by Crippen LogP contribution is -2.31. The average Bonchev–Trinajstić information content (AvgIpc) is 2.94. The Bertz CT molecular complexity index is 920. The molecule has 7 heteroatoms. The Hall–Kier alpha value is -3.22. The van der Waals surface area contributed by atoms with Crippen molar-refractivity contribution in [1.29, 1.82) is 0 Å². The Balaban J connectivity index is 1.50. The minimum absolute atomic E-state index is 0.171. The molecule has 1 aromatic heterocycles. The van der Waals surface area contributed by atoms with Gasteiger partial charge in [0.25, 0.3) is 11.8 Å². The fourth-order valence-corrected chi connectivity index (χ4v) is 3.42. The first-order valence-corrected chi connectivity index (χ1v) is 9.92. The molecule has 2 aromatic rings. The zero-order chi connectivity index (χ0) is 21.0. The number of aryl methyl sites for hydroxylation is 1. The molecular formula is C22H26N4O3. The maximum Gasteiger partial charge on any atom is 0.261 e. The number of benzene rings is 1. The van der Waals surface area contributed by atoms with E-state index in [1.807, 2.05) is 25.1 Å². The number of rotatable bonds is 8. The molecule has 0 radical (unpaired) electrons. The highest BCUT2D eigenvalue weighted by Gasteiger charge is 2.34. The number of imide groups is 1. The largest absolute Gasteiger partial charge is 0.357 e. The number of nitrogens with zero attached hydrogens (tertiary/aromatic N) is 3. The molecule has 0 aliphatic carbocycles. The zero-order valence-electron chi connectivity index (χ0n) is 17.1. The van der Waals surface area contributed by atoms with E-state index < -0.39 is 0 Å². The van der Waals surface area contributed by atoms with Crippen LogP contribution in [0.5, 0.6) is 0 Å². The molecule has 0 saturated heterocycles. The summed E-state index contributed by atoms with van der Waals surface area (Å²) < 4.78 is 0. The number of amides is 3. The van der Waals surface area contributed by atoms with Gasteiger partial charge in [0.15, 0.2) is 0 Å². The zero-order valence-corrected chi connectivity index (χ0v) is 17.1. The van der Waals surface area contributed by atoms with Crippen LogP contribution in [0.2, 0.25) is 0 Å². The molecule has 0 fully saturated rings. The van der Waals surface area contributed by atoms with Crippen molar-refractivity contribution in [2.75, 3.05) is 29.9 Å². The molecule has 29 heavy (non-hydrogen) atoms. The molecule has 0 bridgehead atoms. The van der Waals surface area contributed by atoms with E-state index in [1.165, 1.54) is 4.90 Å². The second kappa shape index (κ2) is 8.86. The first-order valence-electron chi connectivity index (χ1n) is 9.92. The highest BCUT2D eigenvalue weighted by Crippen LogP contribution is 2.24. The molecule has 1 aliphatic rings. The summed E-state index contributed by atoms with van der Waals surface area (Å²) in [5, 5.41) is 2.81. The van der Waals surface area contributed by atoms with E-state index in [-0.39, 0.29) is 30.7 Å². The summed E-state index contributed by atoms with van der Waals surface area (Å²) in [6.07, 6.45) is 2.25. The van der Waals surface area contributed by atoms with Crippen LogP contribution in [-0.4, -0.2) is 47.2 Å². The van der Waals surface area contributed by atoms with Gasteiger partial charge in [-0.25, -0.2) is 4.98 Å². The minimum atomic E-state index is -0.290. The highest BCUT2D eigenvalue weighted by atomic mass is 16.2. The first kappa shape index (κ1) is 20.5. The van der Waals surface area contributed by atoms with Gasteiger partial charge < -0.3 is 10.2 Å². The first-order chi connectivity index (χ1) is 13.9. The number of hydrogen-bond donors (Lipinski definition) is 1. The molecule has 7 nitrogen and oxygen atoms in total. The van der Waals surface area contributed by atoms with Crippen molar-refractivity contribution in [1.82, 2.24) is 9.88 Å². The van der Waals surface area contributed by atoms with Crippen LogP contribution < -0.4 is 10.2 Å². The predicted molar refractivity (Wildman–Crippen MR) is 112 cm³/mol. The summed E-state index contributed by atoms with van der Waals surface area (Å²) in [5.74, 6) is 0.121. The van der Waals surface area contributed by atoms with E-state index in [2.05, 4.69) is 29.0 Å². The molecule has 0 spiro atoms. The molecule has 3 rings (SSSR count). The van der Waals surface area contributed by atoms with E-state index in [1.54, 1.807) is 18.3 Å². The van der Waals surface area contributed by atoms with Crippen LogP contribution in [0.1, 0.15) is 53.0 Å². The highest BCUT2D eigenvalue weighted by molar-refractivity contribution is 6.21. The third kappa shape index (κ3) is 4.45. The number of pyridine rings is 1. The number of anilines is 2. The molecule has 0 unspecified atom stereocenters. The maximum atomic E-state index is 12.5. The molecule has 1 N–H and O–H groups in total. The fraction of sp³-hybridized carbons (Fsp3) is 0.364. The standard InChI is InChI=1S/C22H26N4O3/c1-4-25(5-2)19-11-9-16(14-23-19)24-20(27)7-6-12-26-21(28)17-10-8-15(3)13-18(17)22(26)29/h8-11,13-14H,4-7,12H2,1-3H3,(H,24,27). The number of carbonyl (C=O) groups excluding carboxylic acids is 3. The van der Waals surface area contributed by atoms with E-state index in [0.717, 1.165) is 24.5 Å². The number of aromatic nitrogens is 1. The SMILES string of the molecule is CCN(CC)c1ccc(NC(=O)CCCN2C(=O)c3ccc(C)cc3C2=O)cn1. The third-order valence-corrected chi connectivity index (χ3v) is 5.03. The van der Waals surface area contributed by atoms with Gasteiger partial charge in [0.1, 0.15) is 5.82 Å². The molecule has 3 amide bonds. The summed E-state index contributed by atoms with van der Waals surface area (Å²) >= 11 is 0. The van der Waals surface area contributed by atoms with Gasteiger partial charge in [0.2, 0.25) is 5.91 Å².